The van der Waals surface area contributed by atoms with Gasteiger partial charge in [0.25, 0.3) is 0 Å². The standard InChI is InChI=1S/C16H25BrN2/c1-4-14(3)18-7-9-19(10-8-18)16-6-5-15(12-17)11-13(16)2/h5-6,11,14H,4,7-10,12H2,1-3H3. The van der Waals surface area contributed by atoms with Gasteiger partial charge in [0.2, 0.25) is 0 Å². The lowest BCUT2D eigenvalue weighted by atomic mass is 10.1. The Morgan fingerprint density at radius 3 is 2.42 bits per heavy atom. The van der Waals surface area contributed by atoms with Crippen molar-refractivity contribution in [1.29, 1.82) is 0 Å². The number of hydrogen-bond donors (Lipinski definition) is 0. The Morgan fingerprint density at radius 1 is 1.21 bits per heavy atom. The highest BCUT2D eigenvalue weighted by Gasteiger charge is 2.20. The van der Waals surface area contributed by atoms with Crippen molar-refractivity contribution in [3.05, 3.63) is 29.3 Å². The average Bonchev–Trinajstić information content (AvgIpc) is 2.46. The van der Waals surface area contributed by atoms with Crippen molar-refractivity contribution in [3.63, 3.8) is 0 Å². The van der Waals surface area contributed by atoms with Crippen LogP contribution in [0.2, 0.25) is 0 Å². The highest BCUT2D eigenvalue weighted by atomic mass is 79.9. The number of aryl methyl sites for hydroxylation is 1. The summed E-state index contributed by atoms with van der Waals surface area (Å²) in [5.74, 6) is 0. The van der Waals surface area contributed by atoms with Crippen LogP contribution in [-0.4, -0.2) is 37.1 Å². The summed E-state index contributed by atoms with van der Waals surface area (Å²) in [5.41, 5.74) is 4.17. The summed E-state index contributed by atoms with van der Waals surface area (Å²) in [6.07, 6.45) is 1.25. The van der Waals surface area contributed by atoms with E-state index in [2.05, 4.69) is 64.7 Å². The van der Waals surface area contributed by atoms with Crippen LogP contribution in [0.15, 0.2) is 18.2 Å². The number of alkyl halides is 1. The van der Waals surface area contributed by atoms with Gasteiger partial charge in [-0.2, -0.15) is 0 Å². The predicted octanol–water partition coefficient (Wildman–Crippen LogP) is 3.81. The number of rotatable bonds is 4. The first-order valence-electron chi connectivity index (χ1n) is 7.30. The van der Waals surface area contributed by atoms with E-state index in [1.807, 2.05) is 0 Å². The minimum atomic E-state index is 0.721. The maximum absolute atomic E-state index is 3.52. The van der Waals surface area contributed by atoms with Crippen LogP contribution in [0, 0.1) is 6.92 Å². The molecule has 1 saturated heterocycles. The molecular weight excluding hydrogens is 300 g/mol. The molecule has 0 N–H and O–H groups in total. The van der Waals surface area contributed by atoms with Gasteiger partial charge in [-0.15, -0.1) is 0 Å². The molecule has 1 aromatic rings. The largest absolute Gasteiger partial charge is 0.369 e. The summed E-state index contributed by atoms with van der Waals surface area (Å²) in [5, 5.41) is 0.940. The van der Waals surface area contributed by atoms with Crippen molar-refractivity contribution in [1.82, 2.24) is 4.90 Å². The molecule has 1 fully saturated rings. The molecule has 0 saturated carbocycles. The number of benzene rings is 1. The fraction of sp³-hybridized carbons (Fsp3) is 0.625. The molecule has 0 aromatic heterocycles. The molecule has 0 radical (unpaired) electrons. The number of piperazine rings is 1. The quantitative estimate of drug-likeness (QED) is 0.777. The smallest absolute Gasteiger partial charge is 0.0397 e. The third-order valence-electron chi connectivity index (χ3n) is 4.28. The predicted molar refractivity (Wildman–Crippen MR) is 87.3 cm³/mol. The third-order valence-corrected chi connectivity index (χ3v) is 4.93. The van der Waals surface area contributed by atoms with Crippen molar-refractivity contribution in [2.75, 3.05) is 31.1 Å². The van der Waals surface area contributed by atoms with Gasteiger partial charge in [0, 0.05) is 43.2 Å². The van der Waals surface area contributed by atoms with Crippen molar-refractivity contribution < 1.29 is 0 Å². The number of halogens is 1. The lowest BCUT2D eigenvalue weighted by Gasteiger charge is -2.39. The van der Waals surface area contributed by atoms with E-state index in [4.69, 9.17) is 0 Å². The van der Waals surface area contributed by atoms with Crippen molar-refractivity contribution in [3.8, 4) is 0 Å². The molecule has 1 aromatic carbocycles. The lowest BCUT2D eigenvalue weighted by Crippen LogP contribution is -2.49. The second-order valence-electron chi connectivity index (χ2n) is 5.53. The monoisotopic (exact) mass is 324 g/mol. The molecule has 106 valence electrons. The van der Waals surface area contributed by atoms with Crippen LogP contribution in [0.25, 0.3) is 0 Å². The molecule has 0 amide bonds. The Labute approximate surface area is 125 Å². The Kier molecular flexibility index (Phi) is 5.28. The van der Waals surface area contributed by atoms with Gasteiger partial charge < -0.3 is 4.90 Å². The van der Waals surface area contributed by atoms with Gasteiger partial charge in [0.15, 0.2) is 0 Å². The van der Waals surface area contributed by atoms with Gasteiger partial charge in [-0.1, -0.05) is 35.0 Å². The zero-order valence-electron chi connectivity index (χ0n) is 12.3. The van der Waals surface area contributed by atoms with Crippen LogP contribution >= 0.6 is 15.9 Å². The summed E-state index contributed by atoms with van der Waals surface area (Å²) in [6, 6.07) is 7.53. The summed E-state index contributed by atoms with van der Waals surface area (Å²) < 4.78 is 0. The topological polar surface area (TPSA) is 6.48 Å². The fourth-order valence-corrected chi connectivity index (χ4v) is 3.17. The van der Waals surface area contributed by atoms with Crippen LogP contribution in [0.5, 0.6) is 0 Å². The van der Waals surface area contributed by atoms with Gasteiger partial charge in [0.05, 0.1) is 0 Å². The summed E-state index contributed by atoms with van der Waals surface area (Å²) in [6.45, 7) is 11.5. The van der Waals surface area contributed by atoms with Crippen LogP contribution in [0.4, 0.5) is 5.69 Å². The molecule has 2 rings (SSSR count). The van der Waals surface area contributed by atoms with E-state index in [9.17, 15) is 0 Å². The molecule has 1 aliphatic rings. The number of nitrogens with zero attached hydrogens (tertiary/aromatic N) is 2. The van der Waals surface area contributed by atoms with E-state index < -0.39 is 0 Å². The number of anilines is 1. The maximum Gasteiger partial charge on any atom is 0.0397 e. The van der Waals surface area contributed by atoms with Gasteiger partial charge >= 0.3 is 0 Å². The molecule has 19 heavy (non-hydrogen) atoms. The summed E-state index contributed by atoms with van der Waals surface area (Å²) in [7, 11) is 0. The molecule has 1 heterocycles. The molecule has 0 aliphatic carbocycles. The van der Waals surface area contributed by atoms with E-state index >= 15 is 0 Å². The Balaban J connectivity index is 2.01. The Bertz CT molecular complexity index is 411. The molecule has 1 aliphatic heterocycles. The molecular formula is C16H25BrN2. The summed E-state index contributed by atoms with van der Waals surface area (Å²) in [4.78, 5) is 5.14. The van der Waals surface area contributed by atoms with E-state index in [0.717, 1.165) is 24.5 Å². The number of hydrogen-bond acceptors (Lipinski definition) is 2. The van der Waals surface area contributed by atoms with Gasteiger partial charge in [-0.05, 0) is 37.5 Å². The van der Waals surface area contributed by atoms with Crippen LogP contribution < -0.4 is 4.90 Å². The molecule has 0 bridgehead atoms. The first kappa shape index (κ1) is 14.9. The molecule has 1 unspecified atom stereocenters. The first-order chi connectivity index (χ1) is 9.15. The van der Waals surface area contributed by atoms with Crippen molar-refractivity contribution in [2.24, 2.45) is 0 Å². The molecule has 3 heteroatoms. The molecule has 2 nitrogen and oxygen atoms in total. The fourth-order valence-electron chi connectivity index (χ4n) is 2.82. The van der Waals surface area contributed by atoms with E-state index in [1.165, 1.54) is 36.3 Å². The van der Waals surface area contributed by atoms with Crippen LogP contribution in [-0.2, 0) is 5.33 Å². The highest BCUT2D eigenvalue weighted by molar-refractivity contribution is 9.08. The SMILES string of the molecule is CCC(C)N1CCN(c2ccc(CBr)cc2C)CC1. The molecule has 1 atom stereocenters. The minimum absolute atomic E-state index is 0.721. The lowest BCUT2D eigenvalue weighted by molar-refractivity contribution is 0.193. The summed E-state index contributed by atoms with van der Waals surface area (Å²) >= 11 is 3.52. The van der Waals surface area contributed by atoms with Gasteiger partial charge in [-0.3, -0.25) is 4.90 Å². The van der Waals surface area contributed by atoms with Gasteiger partial charge in [-0.25, -0.2) is 0 Å². The normalized spacial score (nSPS) is 18.6. The third kappa shape index (κ3) is 3.51. The zero-order valence-corrected chi connectivity index (χ0v) is 13.9. The van der Waals surface area contributed by atoms with Crippen molar-refractivity contribution in [2.45, 2.75) is 38.6 Å². The van der Waals surface area contributed by atoms with Crippen LogP contribution in [0.1, 0.15) is 31.4 Å². The van der Waals surface area contributed by atoms with E-state index in [0.29, 0.717) is 0 Å². The second kappa shape index (κ2) is 6.76. The Hall–Kier alpha value is -0.540. The van der Waals surface area contributed by atoms with E-state index in [1.54, 1.807) is 0 Å². The minimum Gasteiger partial charge on any atom is -0.369 e. The van der Waals surface area contributed by atoms with Gasteiger partial charge in [0.1, 0.15) is 0 Å². The van der Waals surface area contributed by atoms with Crippen molar-refractivity contribution >= 4 is 21.6 Å². The molecule has 0 spiro atoms. The van der Waals surface area contributed by atoms with E-state index in [-0.39, 0.29) is 0 Å². The maximum atomic E-state index is 3.52. The zero-order chi connectivity index (χ0) is 13.8. The first-order valence-corrected chi connectivity index (χ1v) is 8.42. The highest BCUT2D eigenvalue weighted by Crippen LogP contribution is 2.24. The van der Waals surface area contributed by atoms with Crippen LogP contribution in [0.3, 0.4) is 0 Å². The second-order valence-corrected chi connectivity index (χ2v) is 6.10. The average molecular weight is 325 g/mol. The Morgan fingerprint density at radius 2 is 1.89 bits per heavy atom.